The van der Waals surface area contributed by atoms with Gasteiger partial charge in [0.05, 0.1) is 23.8 Å². The summed E-state index contributed by atoms with van der Waals surface area (Å²) in [5.41, 5.74) is 2.86. The molecule has 0 spiro atoms. The van der Waals surface area contributed by atoms with E-state index < -0.39 is 17.8 Å². The van der Waals surface area contributed by atoms with Crippen LogP contribution in [0.25, 0.3) is 11.3 Å². The highest BCUT2D eigenvalue weighted by Crippen LogP contribution is 2.40. The van der Waals surface area contributed by atoms with Crippen LogP contribution >= 0.6 is 38.9 Å². The Bertz CT molecular complexity index is 1260. The van der Waals surface area contributed by atoms with Crippen LogP contribution in [0.4, 0.5) is 5.13 Å². The number of rotatable bonds is 5. The number of anilines is 1. The van der Waals surface area contributed by atoms with Gasteiger partial charge in [-0.3, -0.25) is 4.79 Å². The van der Waals surface area contributed by atoms with Crippen LogP contribution < -0.4 is 5.01 Å². The van der Waals surface area contributed by atoms with E-state index in [1.165, 1.54) is 16.3 Å². The molecular weight excluding hydrogens is 510 g/mol. The molecule has 1 amide bonds. The van der Waals surface area contributed by atoms with E-state index in [1.54, 1.807) is 19.1 Å². The molecule has 3 aromatic rings. The van der Waals surface area contributed by atoms with Crippen LogP contribution in [0.1, 0.15) is 18.4 Å². The van der Waals surface area contributed by atoms with Crippen LogP contribution in [0, 0.1) is 34.5 Å². The van der Waals surface area contributed by atoms with Gasteiger partial charge in [0.25, 0.3) is 5.91 Å². The molecule has 0 fully saturated rings. The second kappa shape index (κ2) is 9.22. The van der Waals surface area contributed by atoms with Crippen molar-refractivity contribution in [1.82, 2.24) is 4.98 Å². The smallest absolute Gasteiger partial charge is 0.259 e. The highest BCUT2D eigenvalue weighted by Gasteiger charge is 2.45. The summed E-state index contributed by atoms with van der Waals surface area (Å²) in [6.07, 6.45) is 0. The van der Waals surface area contributed by atoms with E-state index in [0.29, 0.717) is 21.6 Å². The van der Waals surface area contributed by atoms with Gasteiger partial charge < -0.3 is 0 Å². The third-order valence-electron chi connectivity index (χ3n) is 5.25. The summed E-state index contributed by atoms with van der Waals surface area (Å²) in [6, 6.07) is 18.7. The van der Waals surface area contributed by atoms with Gasteiger partial charge in [0.2, 0.25) is 5.13 Å². The lowest BCUT2D eigenvalue weighted by Crippen LogP contribution is -2.34. The van der Waals surface area contributed by atoms with Crippen molar-refractivity contribution in [1.29, 1.82) is 10.5 Å². The maximum Gasteiger partial charge on any atom is 0.259 e. The third-order valence-corrected chi connectivity index (χ3v) is 6.84. The fourth-order valence-corrected chi connectivity index (χ4v) is 4.87. The zero-order valence-corrected chi connectivity index (χ0v) is 19.9. The monoisotopic (exact) mass is 523 g/mol. The fraction of sp³-hybridized carbons (Fsp3) is 0.174. The molecule has 6 nitrogen and oxygen atoms in total. The van der Waals surface area contributed by atoms with Gasteiger partial charge in [-0.2, -0.15) is 20.6 Å². The van der Waals surface area contributed by atoms with Gasteiger partial charge in [-0.25, -0.2) is 4.98 Å². The van der Waals surface area contributed by atoms with Gasteiger partial charge >= 0.3 is 0 Å². The molecule has 32 heavy (non-hydrogen) atoms. The molecule has 9 heteroatoms. The molecule has 0 saturated heterocycles. The first-order valence-electron chi connectivity index (χ1n) is 9.58. The average molecular weight is 525 g/mol. The van der Waals surface area contributed by atoms with Crippen LogP contribution in [0.15, 0.2) is 63.5 Å². The van der Waals surface area contributed by atoms with Crippen LogP contribution in [-0.2, 0) is 4.79 Å². The number of thiazole rings is 1. The van der Waals surface area contributed by atoms with Crippen LogP contribution in [0.5, 0.6) is 0 Å². The summed E-state index contributed by atoms with van der Waals surface area (Å²) < 4.78 is 0.868. The van der Waals surface area contributed by atoms with E-state index in [1.807, 2.05) is 53.9 Å². The molecule has 2 aromatic carbocycles. The predicted octanol–water partition coefficient (Wildman–Crippen LogP) is 6.01. The maximum absolute atomic E-state index is 13.5. The Morgan fingerprint density at radius 3 is 2.41 bits per heavy atom. The standard InChI is InChI=1S/C23H15BrClN5OS/c1-13-20(21(16(10-26)11-27)15-2-6-17(24)7-3-15)22(31)30(29-13)23-28-19(12-32-23)14-4-8-18(25)9-5-14/h2-9,12,16,20-21H,1H3. The number of nitrogens with zero attached hydrogens (tertiary/aromatic N) is 5. The lowest BCUT2D eigenvalue weighted by molar-refractivity contribution is -0.120. The summed E-state index contributed by atoms with van der Waals surface area (Å²) in [4.78, 5) is 18.0. The quantitative estimate of drug-likeness (QED) is 0.408. The van der Waals surface area contributed by atoms with Crippen molar-refractivity contribution in [2.45, 2.75) is 12.8 Å². The molecule has 0 bridgehead atoms. The minimum atomic E-state index is -1.00. The number of hydrogen-bond acceptors (Lipinski definition) is 6. The molecule has 1 aliphatic rings. The highest BCUT2D eigenvalue weighted by molar-refractivity contribution is 9.10. The summed E-state index contributed by atoms with van der Waals surface area (Å²) in [5.74, 6) is -2.68. The Labute approximate surface area is 202 Å². The number of nitriles is 2. The number of benzene rings is 2. The SMILES string of the molecule is CC1=NN(c2nc(-c3ccc(Cl)cc3)cs2)C(=O)C1C(c1ccc(Br)cc1)C(C#N)C#N. The Balaban J connectivity index is 1.68. The molecule has 2 atom stereocenters. The number of hydrazone groups is 1. The van der Waals surface area contributed by atoms with Crippen molar-refractivity contribution in [3.8, 4) is 23.4 Å². The van der Waals surface area contributed by atoms with Crippen LogP contribution in [-0.4, -0.2) is 16.6 Å². The molecule has 158 valence electrons. The number of hydrogen-bond donors (Lipinski definition) is 0. The summed E-state index contributed by atoms with van der Waals surface area (Å²) in [5, 5.41) is 27.9. The van der Waals surface area contributed by atoms with Crippen LogP contribution in [0.3, 0.4) is 0 Å². The Kier molecular flexibility index (Phi) is 6.38. The highest BCUT2D eigenvalue weighted by atomic mass is 79.9. The molecule has 2 unspecified atom stereocenters. The molecule has 1 aromatic heterocycles. The second-order valence-corrected chi connectivity index (χ2v) is 9.39. The number of carbonyl (C=O) groups excluding carboxylic acids is 1. The summed E-state index contributed by atoms with van der Waals surface area (Å²) in [6.45, 7) is 1.74. The first-order valence-corrected chi connectivity index (χ1v) is 11.6. The predicted molar refractivity (Wildman–Crippen MR) is 128 cm³/mol. The number of amides is 1. The minimum Gasteiger partial charge on any atom is -0.272 e. The van der Waals surface area contributed by atoms with Gasteiger partial charge in [0.1, 0.15) is 5.92 Å². The van der Waals surface area contributed by atoms with Gasteiger partial charge in [-0.15, -0.1) is 11.3 Å². The van der Waals surface area contributed by atoms with Crippen LogP contribution in [0.2, 0.25) is 5.02 Å². The largest absolute Gasteiger partial charge is 0.272 e. The first-order chi connectivity index (χ1) is 15.4. The molecule has 4 rings (SSSR count). The normalized spacial score (nSPS) is 16.6. The lowest BCUT2D eigenvalue weighted by Gasteiger charge is -2.24. The minimum absolute atomic E-state index is 0.303. The van der Waals surface area contributed by atoms with E-state index in [4.69, 9.17) is 11.6 Å². The molecule has 1 aliphatic heterocycles. The van der Waals surface area contributed by atoms with Crippen molar-refractivity contribution >= 4 is 55.6 Å². The van der Waals surface area contributed by atoms with Crippen molar-refractivity contribution in [2.24, 2.45) is 16.9 Å². The topological polar surface area (TPSA) is 93.1 Å². The fourth-order valence-electron chi connectivity index (χ4n) is 3.70. The van der Waals surface area contributed by atoms with Gasteiger partial charge in [0.15, 0.2) is 0 Å². The lowest BCUT2D eigenvalue weighted by atomic mass is 9.76. The van der Waals surface area contributed by atoms with Gasteiger partial charge in [0, 0.05) is 32.1 Å². The third kappa shape index (κ3) is 4.18. The first kappa shape index (κ1) is 22.2. The average Bonchev–Trinajstić information content (AvgIpc) is 3.38. The maximum atomic E-state index is 13.5. The van der Waals surface area contributed by atoms with Crippen molar-refractivity contribution in [2.75, 3.05) is 5.01 Å². The molecule has 0 radical (unpaired) electrons. The molecule has 0 aliphatic carbocycles. The molecule has 2 heterocycles. The Morgan fingerprint density at radius 2 is 1.78 bits per heavy atom. The molecular formula is C23H15BrClN5OS. The van der Waals surface area contributed by atoms with E-state index in [-0.39, 0.29) is 5.91 Å². The van der Waals surface area contributed by atoms with Gasteiger partial charge in [-0.05, 0) is 36.8 Å². The zero-order chi connectivity index (χ0) is 22.8. The van der Waals surface area contributed by atoms with Crippen molar-refractivity contribution in [3.63, 3.8) is 0 Å². The molecule has 0 N–H and O–H groups in total. The van der Waals surface area contributed by atoms with E-state index in [9.17, 15) is 15.3 Å². The van der Waals surface area contributed by atoms with E-state index in [0.717, 1.165) is 15.6 Å². The molecule has 0 saturated carbocycles. The Morgan fingerprint density at radius 1 is 1.12 bits per heavy atom. The van der Waals surface area contributed by atoms with E-state index in [2.05, 4.69) is 26.0 Å². The number of aromatic nitrogens is 1. The second-order valence-electron chi connectivity index (χ2n) is 7.20. The van der Waals surface area contributed by atoms with Crippen molar-refractivity contribution in [3.05, 3.63) is 69.0 Å². The number of carbonyl (C=O) groups is 1. The van der Waals surface area contributed by atoms with E-state index >= 15 is 0 Å². The Hall–Kier alpha value is -3.04. The van der Waals surface area contributed by atoms with Crippen molar-refractivity contribution < 1.29 is 4.79 Å². The summed E-state index contributed by atoms with van der Waals surface area (Å²) >= 11 is 10.7. The van der Waals surface area contributed by atoms with Gasteiger partial charge in [-0.1, -0.05) is 51.8 Å². The zero-order valence-electron chi connectivity index (χ0n) is 16.7. The summed E-state index contributed by atoms with van der Waals surface area (Å²) in [7, 11) is 0. The number of halogens is 2.